The van der Waals surface area contributed by atoms with Crippen LogP contribution < -0.4 is 9.88 Å². The van der Waals surface area contributed by atoms with Gasteiger partial charge in [0.05, 0.1) is 18.6 Å². The molecule has 2 N–H and O–H groups in total. The monoisotopic (exact) mass is 309 g/mol. The van der Waals surface area contributed by atoms with Crippen LogP contribution in [0.3, 0.4) is 0 Å². The first-order valence-corrected chi connectivity index (χ1v) is 7.80. The number of fused-ring (bicyclic) bond motifs is 1. The van der Waals surface area contributed by atoms with Crippen LogP contribution in [0.15, 0.2) is 18.3 Å². The lowest BCUT2D eigenvalue weighted by Gasteiger charge is -2.22. The number of ether oxygens (including phenoxy) is 1. The minimum Gasteiger partial charge on any atom is -0.476 e. The van der Waals surface area contributed by atoms with Gasteiger partial charge >= 0.3 is 0 Å². The Hall–Kier alpha value is -2.18. The molecule has 2 heterocycles. The summed E-state index contributed by atoms with van der Waals surface area (Å²) in [6.45, 7) is 3.58. The molecule has 0 amide bonds. The normalized spacial score (nSPS) is 12.3. The summed E-state index contributed by atoms with van der Waals surface area (Å²) in [5.74, 6) is 0.0797. The fourth-order valence-corrected chi connectivity index (χ4v) is 3.04. The van der Waals surface area contributed by atoms with E-state index in [2.05, 4.69) is 10.1 Å². The van der Waals surface area contributed by atoms with E-state index in [0.29, 0.717) is 11.3 Å². The smallest absolute Gasteiger partial charge is 0.231 e. The maximum Gasteiger partial charge on any atom is 0.231 e. The molecule has 21 heavy (non-hydrogen) atoms. The topological polar surface area (TPSA) is 123 Å². The van der Waals surface area contributed by atoms with Crippen LogP contribution >= 0.6 is 0 Å². The van der Waals surface area contributed by atoms with E-state index < -0.39 is 15.4 Å². The van der Waals surface area contributed by atoms with Gasteiger partial charge < -0.3 is 4.74 Å². The molecule has 0 bridgehead atoms. The lowest BCUT2D eigenvalue weighted by atomic mass is 9.98. The SMILES string of the molecule is CC(C)(COc1ccc2ncc(C#N)n2n1)CS(N)(=O)=O. The van der Waals surface area contributed by atoms with E-state index in [1.165, 1.54) is 10.7 Å². The molecular formula is C12H15N5O3S. The molecular weight excluding hydrogens is 294 g/mol. The van der Waals surface area contributed by atoms with Gasteiger partial charge in [0.25, 0.3) is 0 Å². The number of primary sulfonamides is 1. The van der Waals surface area contributed by atoms with Gasteiger partial charge in [-0.25, -0.2) is 18.5 Å². The lowest BCUT2D eigenvalue weighted by molar-refractivity contribution is 0.191. The fourth-order valence-electron chi connectivity index (χ4n) is 1.87. The van der Waals surface area contributed by atoms with Crippen LogP contribution in [0, 0.1) is 16.7 Å². The molecule has 0 aliphatic rings. The Balaban J connectivity index is 2.15. The highest BCUT2D eigenvalue weighted by Gasteiger charge is 2.25. The van der Waals surface area contributed by atoms with Crippen molar-refractivity contribution in [3.8, 4) is 11.9 Å². The van der Waals surface area contributed by atoms with E-state index in [-0.39, 0.29) is 18.2 Å². The molecule has 2 aromatic rings. The molecule has 2 rings (SSSR count). The molecule has 0 aliphatic heterocycles. The summed E-state index contributed by atoms with van der Waals surface area (Å²) in [6, 6.07) is 5.24. The molecule has 112 valence electrons. The number of nitriles is 1. The number of nitrogens with zero attached hydrogens (tertiary/aromatic N) is 4. The van der Waals surface area contributed by atoms with E-state index in [4.69, 9.17) is 15.1 Å². The Morgan fingerprint density at radius 1 is 1.48 bits per heavy atom. The number of nitrogens with two attached hydrogens (primary N) is 1. The van der Waals surface area contributed by atoms with Gasteiger partial charge in [-0.1, -0.05) is 13.8 Å². The maximum absolute atomic E-state index is 11.1. The first kappa shape index (κ1) is 15.2. The molecule has 0 fully saturated rings. The largest absolute Gasteiger partial charge is 0.476 e. The summed E-state index contributed by atoms with van der Waals surface area (Å²) < 4.78 is 29.1. The molecule has 0 saturated carbocycles. The van der Waals surface area contributed by atoms with Crippen molar-refractivity contribution in [3.05, 3.63) is 24.0 Å². The third-order valence-corrected chi connectivity index (χ3v) is 3.84. The van der Waals surface area contributed by atoms with E-state index in [9.17, 15) is 8.42 Å². The average molecular weight is 309 g/mol. The van der Waals surface area contributed by atoms with Crippen molar-refractivity contribution in [2.24, 2.45) is 10.6 Å². The van der Waals surface area contributed by atoms with Crippen LogP contribution in [0.25, 0.3) is 5.65 Å². The van der Waals surface area contributed by atoms with Crippen molar-refractivity contribution in [2.75, 3.05) is 12.4 Å². The van der Waals surface area contributed by atoms with Crippen LogP contribution in [0.5, 0.6) is 5.88 Å². The summed E-state index contributed by atoms with van der Waals surface area (Å²) in [5, 5.41) is 18.1. The molecule has 2 aromatic heterocycles. The van der Waals surface area contributed by atoms with Crippen LogP contribution in [-0.2, 0) is 10.0 Å². The summed E-state index contributed by atoms with van der Waals surface area (Å²) >= 11 is 0. The number of hydrogen-bond donors (Lipinski definition) is 1. The molecule has 0 spiro atoms. The minimum atomic E-state index is -3.58. The number of rotatable bonds is 5. The average Bonchev–Trinajstić information content (AvgIpc) is 2.75. The predicted molar refractivity (Wildman–Crippen MR) is 75.0 cm³/mol. The first-order valence-electron chi connectivity index (χ1n) is 6.08. The third kappa shape index (κ3) is 3.90. The third-order valence-electron chi connectivity index (χ3n) is 2.66. The number of aromatic nitrogens is 3. The summed E-state index contributed by atoms with van der Waals surface area (Å²) in [7, 11) is -3.58. The quantitative estimate of drug-likeness (QED) is 0.847. The van der Waals surface area contributed by atoms with Gasteiger partial charge in [-0.2, -0.15) is 9.78 Å². The van der Waals surface area contributed by atoms with Gasteiger partial charge in [-0.05, 0) is 6.07 Å². The molecule has 0 aromatic carbocycles. The summed E-state index contributed by atoms with van der Waals surface area (Å²) in [4.78, 5) is 4.01. The number of imidazole rings is 1. The lowest BCUT2D eigenvalue weighted by Crippen LogP contribution is -2.33. The van der Waals surface area contributed by atoms with E-state index in [1.54, 1.807) is 26.0 Å². The second kappa shape index (κ2) is 5.31. The molecule has 9 heteroatoms. The minimum absolute atomic E-state index is 0.124. The standard InChI is InChI=1S/C12H15N5O3S/c1-12(2,8-21(14,18)19)7-20-11-4-3-10-15-6-9(5-13)17(10)16-11/h3-4,6H,7-8H2,1-2H3,(H2,14,18,19). The highest BCUT2D eigenvalue weighted by atomic mass is 32.2. The Morgan fingerprint density at radius 3 is 2.81 bits per heavy atom. The van der Waals surface area contributed by atoms with Crippen molar-refractivity contribution in [1.29, 1.82) is 5.26 Å². The Kier molecular flexibility index (Phi) is 3.85. The van der Waals surface area contributed by atoms with Crippen LogP contribution in [0.1, 0.15) is 19.5 Å². The summed E-state index contributed by atoms with van der Waals surface area (Å²) in [6.07, 6.45) is 1.41. The zero-order chi connectivity index (χ0) is 15.7. The Bertz CT molecular complexity index is 804. The van der Waals surface area contributed by atoms with E-state index in [0.717, 1.165) is 0 Å². The molecule has 0 saturated heterocycles. The highest BCUT2D eigenvalue weighted by molar-refractivity contribution is 7.89. The molecule has 0 radical (unpaired) electrons. The number of sulfonamides is 1. The van der Waals surface area contributed by atoms with Crippen molar-refractivity contribution in [2.45, 2.75) is 13.8 Å². The van der Waals surface area contributed by atoms with Gasteiger partial charge in [-0.3, -0.25) is 0 Å². The zero-order valence-corrected chi connectivity index (χ0v) is 12.5. The molecule has 0 aliphatic carbocycles. The van der Waals surface area contributed by atoms with Crippen molar-refractivity contribution < 1.29 is 13.2 Å². The number of hydrogen-bond acceptors (Lipinski definition) is 6. The van der Waals surface area contributed by atoms with Gasteiger partial charge in [0, 0.05) is 11.5 Å². The van der Waals surface area contributed by atoms with E-state index in [1.807, 2.05) is 6.07 Å². The fraction of sp³-hybridized carbons (Fsp3) is 0.417. The van der Waals surface area contributed by atoms with Crippen LogP contribution in [-0.4, -0.2) is 35.4 Å². The maximum atomic E-state index is 11.1. The highest BCUT2D eigenvalue weighted by Crippen LogP contribution is 2.19. The van der Waals surface area contributed by atoms with Crippen molar-refractivity contribution in [1.82, 2.24) is 14.6 Å². The first-order chi connectivity index (χ1) is 9.70. The second-order valence-electron chi connectivity index (χ2n) is 5.46. The second-order valence-corrected chi connectivity index (χ2v) is 7.07. The van der Waals surface area contributed by atoms with Crippen molar-refractivity contribution in [3.63, 3.8) is 0 Å². The summed E-state index contributed by atoms with van der Waals surface area (Å²) in [5.41, 5.74) is 0.166. The molecule has 0 atom stereocenters. The zero-order valence-electron chi connectivity index (χ0n) is 11.6. The van der Waals surface area contributed by atoms with Gasteiger partial charge in [0.15, 0.2) is 11.3 Å². The Labute approximate surface area is 122 Å². The molecule has 8 nitrogen and oxygen atoms in total. The van der Waals surface area contributed by atoms with Crippen LogP contribution in [0.4, 0.5) is 0 Å². The van der Waals surface area contributed by atoms with E-state index >= 15 is 0 Å². The van der Waals surface area contributed by atoms with Gasteiger partial charge in [0.2, 0.25) is 15.9 Å². The van der Waals surface area contributed by atoms with Crippen molar-refractivity contribution >= 4 is 15.7 Å². The van der Waals surface area contributed by atoms with Gasteiger partial charge in [-0.15, -0.1) is 5.10 Å². The Morgan fingerprint density at radius 2 is 2.19 bits per heavy atom. The predicted octanol–water partition coefficient (Wildman–Crippen LogP) is 0.294. The van der Waals surface area contributed by atoms with Crippen LogP contribution in [0.2, 0.25) is 0 Å². The molecule has 0 unspecified atom stereocenters. The van der Waals surface area contributed by atoms with Gasteiger partial charge in [0.1, 0.15) is 6.07 Å².